The first-order chi connectivity index (χ1) is 8.31. The second-order valence-electron chi connectivity index (χ2n) is 3.84. The Morgan fingerprint density at radius 3 is 2.65 bits per heavy atom. The molecule has 0 aromatic rings. The van der Waals surface area contributed by atoms with Crippen LogP contribution in [0.2, 0.25) is 0 Å². The fourth-order valence-electron chi connectivity index (χ4n) is 1.24. The lowest BCUT2D eigenvalue weighted by Gasteiger charge is -2.06. The number of carbonyl (C=O) groups excluding carboxylic acids is 1. The maximum absolute atomic E-state index is 11.3. The van der Waals surface area contributed by atoms with Gasteiger partial charge in [0.05, 0.1) is 19.8 Å². The van der Waals surface area contributed by atoms with E-state index >= 15 is 0 Å². The zero-order valence-electron chi connectivity index (χ0n) is 11.1. The fraction of sp³-hybridized carbons (Fsp3) is 0.917. The predicted octanol–water partition coefficient (Wildman–Crippen LogP) is 0.545. The molecular weight excluding hydrogens is 220 g/mol. The highest BCUT2D eigenvalue weighted by Gasteiger charge is 1.98. The van der Waals surface area contributed by atoms with Gasteiger partial charge in [0.1, 0.15) is 0 Å². The van der Waals surface area contributed by atoms with E-state index in [1.807, 2.05) is 0 Å². The number of nitrogens with one attached hydrogen (secondary N) is 2. The predicted molar refractivity (Wildman–Crippen MR) is 68.1 cm³/mol. The zero-order chi connectivity index (χ0) is 12.8. The Hall–Kier alpha value is -0.650. The second kappa shape index (κ2) is 13.4. The molecule has 0 aliphatic heterocycles. The van der Waals surface area contributed by atoms with Crippen LogP contribution in [0, 0.1) is 0 Å². The summed E-state index contributed by atoms with van der Waals surface area (Å²) in [6, 6.07) is 0. The summed E-state index contributed by atoms with van der Waals surface area (Å²) in [6.07, 6.45) is 2.96. The van der Waals surface area contributed by atoms with Crippen LogP contribution < -0.4 is 10.6 Å². The molecule has 0 aromatic heterocycles. The van der Waals surface area contributed by atoms with Gasteiger partial charge in [0, 0.05) is 20.3 Å². The molecule has 0 heterocycles. The minimum absolute atomic E-state index is 0.0683. The molecule has 0 bridgehead atoms. The molecule has 0 aromatic carbocycles. The van der Waals surface area contributed by atoms with Crippen molar-refractivity contribution in [2.24, 2.45) is 0 Å². The molecule has 0 aliphatic carbocycles. The van der Waals surface area contributed by atoms with Gasteiger partial charge in [0.2, 0.25) is 5.91 Å². The number of hydrogen-bond acceptors (Lipinski definition) is 4. The standard InChI is InChI=1S/C12H26N2O3/c1-3-6-13-11-12(15)14-7-4-5-8-17-10-9-16-2/h13H,3-11H2,1-2H3,(H,14,15). The minimum Gasteiger partial charge on any atom is -0.382 e. The number of methoxy groups -OCH3 is 1. The summed E-state index contributed by atoms with van der Waals surface area (Å²) in [5.41, 5.74) is 0. The van der Waals surface area contributed by atoms with Gasteiger partial charge in [0.25, 0.3) is 0 Å². The van der Waals surface area contributed by atoms with Gasteiger partial charge in [-0.05, 0) is 25.8 Å². The maximum atomic E-state index is 11.3. The van der Waals surface area contributed by atoms with Gasteiger partial charge in [0.15, 0.2) is 0 Å². The van der Waals surface area contributed by atoms with E-state index in [0.717, 1.165) is 39.0 Å². The average Bonchev–Trinajstić information content (AvgIpc) is 2.33. The summed E-state index contributed by atoms with van der Waals surface area (Å²) in [4.78, 5) is 11.3. The van der Waals surface area contributed by atoms with Crippen LogP contribution in [0.3, 0.4) is 0 Å². The molecular formula is C12H26N2O3. The fourth-order valence-corrected chi connectivity index (χ4v) is 1.24. The number of hydrogen-bond donors (Lipinski definition) is 2. The maximum Gasteiger partial charge on any atom is 0.233 e. The minimum atomic E-state index is 0.0683. The highest BCUT2D eigenvalue weighted by atomic mass is 16.5. The van der Waals surface area contributed by atoms with Crippen LogP contribution in [-0.2, 0) is 14.3 Å². The third kappa shape index (κ3) is 13.3. The molecule has 5 nitrogen and oxygen atoms in total. The molecule has 17 heavy (non-hydrogen) atoms. The Kier molecular flexibility index (Phi) is 12.9. The van der Waals surface area contributed by atoms with Crippen molar-refractivity contribution < 1.29 is 14.3 Å². The van der Waals surface area contributed by atoms with E-state index in [9.17, 15) is 4.79 Å². The van der Waals surface area contributed by atoms with Crippen LogP contribution in [0.1, 0.15) is 26.2 Å². The Balaban J connectivity index is 3.08. The summed E-state index contributed by atoms with van der Waals surface area (Å²) < 4.78 is 10.2. The van der Waals surface area contributed by atoms with Crippen LogP contribution in [0.15, 0.2) is 0 Å². The van der Waals surface area contributed by atoms with Gasteiger partial charge >= 0.3 is 0 Å². The molecule has 2 N–H and O–H groups in total. The molecule has 0 aliphatic rings. The molecule has 5 heteroatoms. The third-order valence-electron chi connectivity index (χ3n) is 2.18. The first-order valence-corrected chi connectivity index (χ1v) is 6.35. The summed E-state index contributed by atoms with van der Waals surface area (Å²) in [5, 5.41) is 5.92. The van der Waals surface area contributed by atoms with E-state index in [1.165, 1.54) is 0 Å². The molecule has 0 fully saturated rings. The number of rotatable bonds is 12. The smallest absolute Gasteiger partial charge is 0.233 e. The van der Waals surface area contributed by atoms with Crippen molar-refractivity contribution >= 4 is 5.91 Å². The van der Waals surface area contributed by atoms with Crippen LogP contribution in [0.5, 0.6) is 0 Å². The monoisotopic (exact) mass is 246 g/mol. The molecule has 0 spiro atoms. The Bertz CT molecular complexity index is 177. The molecule has 0 unspecified atom stereocenters. The van der Waals surface area contributed by atoms with Gasteiger partial charge in [-0.3, -0.25) is 4.79 Å². The molecule has 102 valence electrons. The zero-order valence-corrected chi connectivity index (χ0v) is 11.1. The number of amides is 1. The molecule has 0 radical (unpaired) electrons. The van der Waals surface area contributed by atoms with E-state index in [0.29, 0.717) is 19.8 Å². The Morgan fingerprint density at radius 1 is 1.12 bits per heavy atom. The van der Waals surface area contributed by atoms with E-state index in [1.54, 1.807) is 7.11 Å². The number of unbranched alkanes of at least 4 members (excludes halogenated alkanes) is 1. The second-order valence-corrected chi connectivity index (χ2v) is 3.84. The molecule has 0 saturated carbocycles. The largest absolute Gasteiger partial charge is 0.382 e. The van der Waals surface area contributed by atoms with E-state index in [-0.39, 0.29) is 5.91 Å². The van der Waals surface area contributed by atoms with Gasteiger partial charge < -0.3 is 20.1 Å². The quantitative estimate of drug-likeness (QED) is 0.494. The van der Waals surface area contributed by atoms with Crippen LogP contribution in [0.4, 0.5) is 0 Å². The molecule has 0 atom stereocenters. The summed E-state index contributed by atoms with van der Waals surface area (Å²) >= 11 is 0. The van der Waals surface area contributed by atoms with Gasteiger partial charge in [-0.25, -0.2) is 0 Å². The SMILES string of the molecule is CCCNCC(=O)NCCCCOCCOC. The molecule has 0 rings (SSSR count). The third-order valence-corrected chi connectivity index (χ3v) is 2.18. The number of ether oxygens (including phenoxy) is 2. The van der Waals surface area contributed by atoms with E-state index < -0.39 is 0 Å². The van der Waals surface area contributed by atoms with Gasteiger partial charge in [-0.1, -0.05) is 6.92 Å². The highest BCUT2D eigenvalue weighted by Crippen LogP contribution is 1.88. The average molecular weight is 246 g/mol. The van der Waals surface area contributed by atoms with Crippen LogP contribution in [-0.4, -0.2) is 52.5 Å². The van der Waals surface area contributed by atoms with Crippen molar-refractivity contribution in [2.75, 3.05) is 46.6 Å². The van der Waals surface area contributed by atoms with Crippen molar-refractivity contribution in [2.45, 2.75) is 26.2 Å². The summed E-state index contributed by atoms with van der Waals surface area (Å²) in [5.74, 6) is 0.0683. The Labute approximate surface area is 104 Å². The van der Waals surface area contributed by atoms with Gasteiger partial charge in [-0.15, -0.1) is 0 Å². The van der Waals surface area contributed by atoms with E-state index in [4.69, 9.17) is 9.47 Å². The van der Waals surface area contributed by atoms with Crippen molar-refractivity contribution in [3.63, 3.8) is 0 Å². The number of carbonyl (C=O) groups is 1. The highest BCUT2D eigenvalue weighted by molar-refractivity contribution is 5.77. The first kappa shape index (κ1) is 16.4. The Morgan fingerprint density at radius 2 is 1.94 bits per heavy atom. The van der Waals surface area contributed by atoms with Crippen molar-refractivity contribution in [3.05, 3.63) is 0 Å². The van der Waals surface area contributed by atoms with Crippen LogP contribution >= 0.6 is 0 Å². The lowest BCUT2D eigenvalue weighted by Crippen LogP contribution is -2.34. The normalized spacial score (nSPS) is 10.5. The first-order valence-electron chi connectivity index (χ1n) is 6.35. The lowest BCUT2D eigenvalue weighted by atomic mass is 10.3. The van der Waals surface area contributed by atoms with E-state index in [2.05, 4.69) is 17.6 Å². The molecule has 0 saturated heterocycles. The van der Waals surface area contributed by atoms with Gasteiger partial charge in [-0.2, -0.15) is 0 Å². The summed E-state index contributed by atoms with van der Waals surface area (Å²) in [7, 11) is 1.66. The lowest BCUT2D eigenvalue weighted by molar-refractivity contribution is -0.120. The van der Waals surface area contributed by atoms with Crippen LogP contribution in [0.25, 0.3) is 0 Å². The van der Waals surface area contributed by atoms with Crippen molar-refractivity contribution in [3.8, 4) is 0 Å². The van der Waals surface area contributed by atoms with Crippen molar-refractivity contribution in [1.82, 2.24) is 10.6 Å². The molecule has 1 amide bonds. The topological polar surface area (TPSA) is 59.6 Å². The summed E-state index contributed by atoms with van der Waals surface area (Å²) in [6.45, 7) is 6.12. The van der Waals surface area contributed by atoms with Crippen molar-refractivity contribution in [1.29, 1.82) is 0 Å².